The SMILES string of the molecule is O=C([O-])C(=O)[O-].[Pt+2]. The van der Waals surface area contributed by atoms with Crippen molar-refractivity contribution in [1.29, 1.82) is 0 Å². The summed E-state index contributed by atoms with van der Waals surface area (Å²) in [7, 11) is 0. The smallest absolute Gasteiger partial charge is 0.543 e. The third-order valence-electron chi connectivity index (χ3n) is 0.167. The molecule has 0 aliphatic heterocycles. The van der Waals surface area contributed by atoms with Crippen molar-refractivity contribution in [3.63, 3.8) is 0 Å². The Kier molecular flexibility index (Phi) is 5.33. The molecular weight excluding hydrogens is 283 g/mol. The van der Waals surface area contributed by atoms with Gasteiger partial charge in [-0.1, -0.05) is 0 Å². The molecule has 0 amide bonds. The van der Waals surface area contributed by atoms with Gasteiger partial charge in [0.2, 0.25) is 0 Å². The van der Waals surface area contributed by atoms with Crippen LogP contribution in [0.25, 0.3) is 0 Å². The van der Waals surface area contributed by atoms with Crippen molar-refractivity contribution in [3.05, 3.63) is 0 Å². The maximum Gasteiger partial charge on any atom is 2.00 e. The summed E-state index contributed by atoms with van der Waals surface area (Å²) in [4.78, 5) is 17.9. The standard InChI is InChI=1S/C2H2O4.Pt/c3-1(4)2(5)6;/h(H,3,4)(H,5,6);/q;+2/p-2. The van der Waals surface area contributed by atoms with Crippen LogP contribution >= 0.6 is 0 Å². The van der Waals surface area contributed by atoms with Crippen molar-refractivity contribution < 1.29 is 40.9 Å². The summed E-state index contributed by atoms with van der Waals surface area (Å²) in [5, 5.41) is 17.9. The van der Waals surface area contributed by atoms with Gasteiger partial charge in [-0.05, 0) is 0 Å². The van der Waals surface area contributed by atoms with Gasteiger partial charge in [0.25, 0.3) is 0 Å². The molecule has 0 rings (SSSR count). The molecule has 0 saturated carbocycles. The topological polar surface area (TPSA) is 80.3 Å². The average molecular weight is 283 g/mol. The normalized spacial score (nSPS) is 6.29. The fraction of sp³-hybridized carbons (Fsp3) is 0. The number of carboxylic acid groups (broad SMARTS) is 2. The number of hydrogen-bond acceptors (Lipinski definition) is 4. The molecular formula is C2O4Pt. The fourth-order valence-electron chi connectivity index (χ4n) is 0. The Morgan fingerprint density at radius 2 is 1.14 bits per heavy atom. The van der Waals surface area contributed by atoms with Crippen molar-refractivity contribution >= 4 is 11.9 Å². The van der Waals surface area contributed by atoms with Crippen molar-refractivity contribution in [3.8, 4) is 0 Å². The second kappa shape index (κ2) is 3.81. The Morgan fingerprint density at radius 3 is 1.14 bits per heavy atom. The van der Waals surface area contributed by atoms with Gasteiger partial charge in [0.1, 0.15) is 0 Å². The molecule has 0 aliphatic carbocycles. The second-order valence-electron chi connectivity index (χ2n) is 0.575. The van der Waals surface area contributed by atoms with Crippen LogP contribution in [-0.2, 0) is 30.7 Å². The summed E-state index contributed by atoms with van der Waals surface area (Å²) in [6.45, 7) is 0. The number of carboxylic acids is 2. The largest absolute Gasteiger partial charge is 2.00 e. The molecule has 0 N–H and O–H groups in total. The number of aliphatic carboxylic acids is 2. The maximum atomic E-state index is 8.93. The monoisotopic (exact) mass is 283 g/mol. The van der Waals surface area contributed by atoms with E-state index in [0.717, 1.165) is 0 Å². The van der Waals surface area contributed by atoms with E-state index in [1.54, 1.807) is 0 Å². The van der Waals surface area contributed by atoms with Gasteiger partial charge in [0, 0.05) is 0 Å². The first-order valence-corrected chi connectivity index (χ1v) is 1.07. The molecule has 0 heterocycles. The van der Waals surface area contributed by atoms with Crippen LogP contribution in [0.15, 0.2) is 0 Å². The minimum atomic E-state index is -2.19. The molecule has 0 aromatic heterocycles. The summed E-state index contributed by atoms with van der Waals surface area (Å²) < 4.78 is 0. The molecule has 0 atom stereocenters. The minimum Gasteiger partial charge on any atom is -0.543 e. The van der Waals surface area contributed by atoms with Gasteiger partial charge in [-0.3, -0.25) is 0 Å². The molecule has 0 radical (unpaired) electrons. The number of carbonyl (C=O) groups excluding carboxylic acids is 2. The maximum absolute atomic E-state index is 8.93. The van der Waals surface area contributed by atoms with Gasteiger partial charge >= 0.3 is 21.1 Å². The average Bonchev–Trinajstić information content (AvgIpc) is 1.36. The molecule has 5 heteroatoms. The molecule has 0 aliphatic rings. The van der Waals surface area contributed by atoms with Crippen LogP contribution in [0, 0.1) is 0 Å². The summed E-state index contributed by atoms with van der Waals surface area (Å²) in [5.74, 6) is -4.37. The number of carbonyl (C=O) groups is 2. The Hall–Kier alpha value is -0.372. The summed E-state index contributed by atoms with van der Waals surface area (Å²) in [5.41, 5.74) is 0. The van der Waals surface area contributed by atoms with Crippen LogP contribution in [0.4, 0.5) is 0 Å². The Labute approximate surface area is 53.4 Å². The van der Waals surface area contributed by atoms with Crippen LogP contribution in [0.2, 0.25) is 0 Å². The van der Waals surface area contributed by atoms with E-state index < -0.39 is 11.9 Å². The first-order chi connectivity index (χ1) is 2.64. The Balaban J connectivity index is 0. The molecule has 0 aromatic rings. The quantitative estimate of drug-likeness (QED) is 0.432. The van der Waals surface area contributed by atoms with Crippen molar-refractivity contribution in [2.75, 3.05) is 0 Å². The zero-order valence-corrected chi connectivity index (χ0v) is 5.22. The van der Waals surface area contributed by atoms with Crippen LogP contribution in [0.5, 0.6) is 0 Å². The molecule has 0 saturated heterocycles. The van der Waals surface area contributed by atoms with Gasteiger partial charge in [0.05, 0.1) is 11.9 Å². The second-order valence-corrected chi connectivity index (χ2v) is 0.575. The third kappa shape index (κ3) is 5.63. The molecule has 0 fully saturated rings. The summed E-state index contributed by atoms with van der Waals surface area (Å²) in [6.07, 6.45) is 0. The Morgan fingerprint density at radius 1 is 1.00 bits per heavy atom. The number of rotatable bonds is 0. The van der Waals surface area contributed by atoms with Gasteiger partial charge < -0.3 is 19.8 Å². The molecule has 0 bridgehead atoms. The van der Waals surface area contributed by atoms with Crippen LogP contribution < -0.4 is 10.2 Å². The number of hydrogen-bond donors (Lipinski definition) is 0. The van der Waals surface area contributed by atoms with E-state index in [-0.39, 0.29) is 21.1 Å². The first-order valence-electron chi connectivity index (χ1n) is 1.07. The zero-order chi connectivity index (χ0) is 5.15. The van der Waals surface area contributed by atoms with Crippen molar-refractivity contribution in [1.82, 2.24) is 0 Å². The van der Waals surface area contributed by atoms with Gasteiger partial charge in [-0.15, -0.1) is 0 Å². The minimum absolute atomic E-state index is 0. The Bertz CT molecular complexity index is 75.7. The van der Waals surface area contributed by atoms with Crippen molar-refractivity contribution in [2.45, 2.75) is 0 Å². The molecule has 7 heavy (non-hydrogen) atoms. The molecule has 4 nitrogen and oxygen atoms in total. The predicted molar refractivity (Wildman–Crippen MR) is 10.0 cm³/mol. The molecule has 0 aromatic carbocycles. The predicted octanol–water partition coefficient (Wildman–Crippen LogP) is -3.52. The van der Waals surface area contributed by atoms with E-state index in [1.807, 2.05) is 0 Å². The first kappa shape index (κ1) is 9.80. The fourth-order valence-corrected chi connectivity index (χ4v) is 0. The molecule has 0 spiro atoms. The third-order valence-corrected chi connectivity index (χ3v) is 0.167. The molecule has 0 unspecified atom stereocenters. The van der Waals surface area contributed by atoms with E-state index in [0.29, 0.717) is 0 Å². The van der Waals surface area contributed by atoms with Crippen LogP contribution in [0.1, 0.15) is 0 Å². The zero-order valence-electron chi connectivity index (χ0n) is 2.95. The van der Waals surface area contributed by atoms with Gasteiger partial charge in [0.15, 0.2) is 0 Å². The summed E-state index contributed by atoms with van der Waals surface area (Å²) in [6, 6.07) is 0. The van der Waals surface area contributed by atoms with Crippen LogP contribution in [0.3, 0.4) is 0 Å². The van der Waals surface area contributed by atoms with Gasteiger partial charge in [-0.2, -0.15) is 0 Å². The molecule has 42 valence electrons. The van der Waals surface area contributed by atoms with Crippen LogP contribution in [-0.4, -0.2) is 11.9 Å². The van der Waals surface area contributed by atoms with E-state index >= 15 is 0 Å². The van der Waals surface area contributed by atoms with E-state index in [9.17, 15) is 0 Å². The van der Waals surface area contributed by atoms with Gasteiger partial charge in [-0.25, -0.2) is 0 Å². The van der Waals surface area contributed by atoms with E-state index in [1.165, 1.54) is 0 Å². The van der Waals surface area contributed by atoms with E-state index in [4.69, 9.17) is 19.8 Å². The van der Waals surface area contributed by atoms with E-state index in [2.05, 4.69) is 0 Å². The summed E-state index contributed by atoms with van der Waals surface area (Å²) >= 11 is 0. The van der Waals surface area contributed by atoms with Crippen molar-refractivity contribution in [2.24, 2.45) is 0 Å².